The topological polar surface area (TPSA) is 90.9 Å². The first-order valence-corrected chi connectivity index (χ1v) is 9.29. The number of benzene rings is 1. The molecule has 0 saturated heterocycles. The number of halogens is 1. The molecule has 1 aliphatic carbocycles. The third kappa shape index (κ3) is 3.99. The Morgan fingerprint density at radius 1 is 1.18 bits per heavy atom. The molecule has 1 amide bonds. The van der Waals surface area contributed by atoms with Crippen LogP contribution in [-0.4, -0.2) is 38.7 Å². The van der Waals surface area contributed by atoms with Gasteiger partial charge in [0, 0.05) is 4.88 Å². The molecule has 0 atom stereocenters. The summed E-state index contributed by atoms with van der Waals surface area (Å²) >= 11 is 1.32. The first-order chi connectivity index (χ1) is 13.4. The normalized spacial score (nSPS) is 12.2. The van der Waals surface area contributed by atoms with Crippen molar-refractivity contribution in [3.8, 4) is 5.75 Å². The number of hydrogen-bond acceptors (Lipinski definition) is 7. The summed E-state index contributed by atoms with van der Waals surface area (Å²) in [6.45, 7) is -0.574. The lowest BCUT2D eigenvalue weighted by atomic mass is 10.1. The van der Waals surface area contributed by atoms with Crippen LogP contribution >= 0.6 is 11.3 Å². The molecular weight excluding hydrogens is 389 g/mol. The maximum absolute atomic E-state index is 13.7. The van der Waals surface area contributed by atoms with Crippen LogP contribution in [0.2, 0.25) is 0 Å². The molecule has 0 saturated carbocycles. The molecule has 9 heteroatoms. The summed E-state index contributed by atoms with van der Waals surface area (Å²) in [6.07, 6.45) is 2.55. The molecule has 1 heterocycles. The fraction of sp³-hybridized carbons (Fsp3) is 0.316. The van der Waals surface area contributed by atoms with E-state index < -0.39 is 30.3 Å². The van der Waals surface area contributed by atoms with E-state index in [1.807, 2.05) is 0 Å². The van der Waals surface area contributed by atoms with Crippen LogP contribution in [0.4, 0.5) is 9.39 Å². The smallest absolute Gasteiger partial charge is 0.341 e. The monoisotopic (exact) mass is 407 g/mol. The highest BCUT2D eigenvalue weighted by molar-refractivity contribution is 7.17. The third-order valence-corrected chi connectivity index (χ3v) is 5.49. The fourth-order valence-electron chi connectivity index (χ4n) is 2.98. The Morgan fingerprint density at radius 2 is 1.96 bits per heavy atom. The van der Waals surface area contributed by atoms with Crippen molar-refractivity contribution < 1.29 is 33.0 Å². The van der Waals surface area contributed by atoms with Crippen LogP contribution in [0.25, 0.3) is 0 Å². The van der Waals surface area contributed by atoms with E-state index in [0.717, 1.165) is 35.8 Å². The molecule has 0 bridgehead atoms. The zero-order chi connectivity index (χ0) is 20.3. The molecule has 7 nitrogen and oxygen atoms in total. The zero-order valence-corrected chi connectivity index (χ0v) is 16.1. The van der Waals surface area contributed by atoms with Gasteiger partial charge in [0.15, 0.2) is 18.2 Å². The van der Waals surface area contributed by atoms with Gasteiger partial charge in [-0.1, -0.05) is 0 Å². The van der Waals surface area contributed by atoms with Crippen LogP contribution in [-0.2, 0) is 27.1 Å². The van der Waals surface area contributed by atoms with Crippen LogP contribution in [0.1, 0.15) is 37.6 Å². The van der Waals surface area contributed by atoms with Crippen molar-refractivity contribution in [1.29, 1.82) is 0 Å². The number of hydrogen-bond donors (Lipinski definition) is 1. The number of carbonyl (C=O) groups excluding carboxylic acids is 3. The lowest BCUT2D eigenvalue weighted by Crippen LogP contribution is -2.21. The van der Waals surface area contributed by atoms with E-state index in [-0.39, 0.29) is 11.3 Å². The van der Waals surface area contributed by atoms with Gasteiger partial charge in [0.1, 0.15) is 5.00 Å². The third-order valence-electron chi connectivity index (χ3n) is 4.29. The number of anilines is 1. The fourth-order valence-corrected chi connectivity index (χ4v) is 4.27. The summed E-state index contributed by atoms with van der Waals surface area (Å²) in [5.74, 6) is -2.68. The van der Waals surface area contributed by atoms with Crippen LogP contribution in [0, 0.1) is 5.82 Å². The number of esters is 2. The summed E-state index contributed by atoms with van der Waals surface area (Å²) in [6, 6.07) is 3.60. The van der Waals surface area contributed by atoms with Crippen molar-refractivity contribution in [1.82, 2.24) is 0 Å². The Morgan fingerprint density at radius 3 is 2.64 bits per heavy atom. The maximum atomic E-state index is 13.7. The van der Waals surface area contributed by atoms with Crippen LogP contribution in [0.3, 0.4) is 0 Å². The summed E-state index contributed by atoms with van der Waals surface area (Å²) in [7, 11) is 2.59. The van der Waals surface area contributed by atoms with Gasteiger partial charge >= 0.3 is 11.9 Å². The molecule has 2 aromatic rings. The molecular formula is C19H18FNO6S. The summed E-state index contributed by atoms with van der Waals surface area (Å²) in [5.41, 5.74) is 1.21. The zero-order valence-electron chi connectivity index (χ0n) is 15.3. The van der Waals surface area contributed by atoms with Gasteiger partial charge in [-0.05, 0) is 43.0 Å². The van der Waals surface area contributed by atoms with Crippen molar-refractivity contribution in [2.75, 3.05) is 26.1 Å². The first kappa shape index (κ1) is 19.8. The molecule has 1 aromatic heterocycles. The molecule has 0 spiro atoms. The molecule has 1 aliphatic rings. The van der Waals surface area contributed by atoms with Crippen molar-refractivity contribution >= 4 is 34.2 Å². The minimum atomic E-state index is -0.849. The van der Waals surface area contributed by atoms with E-state index in [1.54, 1.807) is 0 Å². The average Bonchev–Trinajstić information content (AvgIpc) is 3.26. The van der Waals surface area contributed by atoms with Gasteiger partial charge < -0.3 is 19.5 Å². The largest absolute Gasteiger partial charge is 0.494 e. The molecule has 28 heavy (non-hydrogen) atoms. The molecule has 1 N–H and O–H groups in total. The van der Waals surface area contributed by atoms with Gasteiger partial charge in [-0.3, -0.25) is 4.79 Å². The molecule has 148 valence electrons. The maximum Gasteiger partial charge on any atom is 0.341 e. The van der Waals surface area contributed by atoms with E-state index in [2.05, 4.69) is 5.32 Å². The van der Waals surface area contributed by atoms with Crippen molar-refractivity contribution in [2.45, 2.75) is 19.3 Å². The van der Waals surface area contributed by atoms with Crippen LogP contribution in [0.15, 0.2) is 18.2 Å². The number of amides is 1. The highest BCUT2D eigenvalue weighted by atomic mass is 32.1. The first-order valence-electron chi connectivity index (χ1n) is 8.48. The van der Waals surface area contributed by atoms with Gasteiger partial charge in [-0.25, -0.2) is 14.0 Å². The Labute approximate surface area is 164 Å². The number of nitrogens with one attached hydrogen (secondary N) is 1. The second-order valence-electron chi connectivity index (χ2n) is 6.03. The molecule has 1 aromatic carbocycles. The van der Waals surface area contributed by atoms with Gasteiger partial charge in [-0.2, -0.15) is 0 Å². The van der Waals surface area contributed by atoms with Gasteiger partial charge in [-0.15, -0.1) is 11.3 Å². The van der Waals surface area contributed by atoms with E-state index >= 15 is 0 Å². The predicted octanol–water partition coefficient (Wildman–Crippen LogP) is 2.97. The Hall–Kier alpha value is -2.94. The van der Waals surface area contributed by atoms with Gasteiger partial charge in [0.25, 0.3) is 5.91 Å². The Kier molecular flexibility index (Phi) is 5.93. The van der Waals surface area contributed by atoms with E-state index in [4.69, 9.17) is 14.2 Å². The number of ether oxygens (including phenoxy) is 3. The summed E-state index contributed by atoms with van der Waals surface area (Å²) in [5, 5.41) is 2.98. The lowest BCUT2D eigenvalue weighted by Gasteiger charge is -2.08. The molecule has 0 unspecified atom stereocenters. The van der Waals surface area contributed by atoms with Crippen molar-refractivity contribution in [3.63, 3.8) is 0 Å². The SMILES string of the molecule is COC(=O)c1c(NC(=O)COC(=O)c2ccc(OC)c(F)c2)sc2c1CCC2. The van der Waals surface area contributed by atoms with E-state index in [0.29, 0.717) is 10.6 Å². The van der Waals surface area contributed by atoms with Gasteiger partial charge in [0.2, 0.25) is 0 Å². The summed E-state index contributed by atoms with van der Waals surface area (Å²) < 4.78 is 28.2. The quantitative estimate of drug-likeness (QED) is 0.741. The molecule has 0 radical (unpaired) electrons. The van der Waals surface area contributed by atoms with Crippen LogP contribution < -0.4 is 10.1 Å². The Balaban J connectivity index is 1.64. The number of aryl methyl sites for hydroxylation is 1. The Bertz CT molecular complexity index is 939. The minimum Gasteiger partial charge on any atom is -0.494 e. The molecule has 3 rings (SSSR count). The van der Waals surface area contributed by atoms with Gasteiger partial charge in [0.05, 0.1) is 25.3 Å². The highest BCUT2D eigenvalue weighted by Gasteiger charge is 2.28. The lowest BCUT2D eigenvalue weighted by molar-refractivity contribution is -0.119. The standard InChI is InChI=1S/C19H18FNO6S/c1-25-13-7-6-10(8-12(13)20)18(23)27-9-15(22)21-17-16(19(24)26-2)11-4-3-5-14(11)28-17/h6-8H,3-5,9H2,1-2H3,(H,21,22). The molecule has 0 fully saturated rings. The number of methoxy groups -OCH3 is 2. The predicted molar refractivity (Wildman–Crippen MR) is 99.5 cm³/mol. The number of carbonyl (C=O) groups is 3. The summed E-state index contributed by atoms with van der Waals surface area (Å²) in [4.78, 5) is 37.3. The number of thiophene rings is 1. The van der Waals surface area contributed by atoms with E-state index in [1.165, 1.54) is 37.7 Å². The second-order valence-corrected chi connectivity index (χ2v) is 7.13. The average molecular weight is 407 g/mol. The van der Waals surface area contributed by atoms with Crippen molar-refractivity contribution in [3.05, 3.63) is 45.6 Å². The van der Waals surface area contributed by atoms with Crippen molar-refractivity contribution in [2.24, 2.45) is 0 Å². The second kappa shape index (κ2) is 8.39. The van der Waals surface area contributed by atoms with Crippen LogP contribution in [0.5, 0.6) is 5.75 Å². The highest BCUT2D eigenvalue weighted by Crippen LogP contribution is 2.39. The number of rotatable bonds is 6. The minimum absolute atomic E-state index is 0.00428. The molecule has 0 aliphatic heterocycles. The number of fused-ring (bicyclic) bond motifs is 1. The van der Waals surface area contributed by atoms with E-state index in [9.17, 15) is 18.8 Å².